The fourth-order valence-corrected chi connectivity index (χ4v) is 2.60. The van der Waals surface area contributed by atoms with Crippen LogP contribution in [0.25, 0.3) is 0 Å². The zero-order chi connectivity index (χ0) is 12.8. The lowest BCUT2D eigenvalue weighted by atomic mass is 10.2. The Morgan fingerprint density at radius 1 is 1.39 bits per heavy atom. The molecule has 18 heavy (non-hydrogen) atoms. The summed E-state index contributed by atoms with van der Waals surface area (Å²) in [5.41, 5.74) is 0.966. The number of hydrogen-bond donors (Lipinski definition) is 1. The molecule has 2 aromatic rings. The summed E-state index contributed by atoms with van der Waals surface area (Å²) in [5.74, 6) is 0. The van der Waals surface area contributed by atoms with Crippen molar-refractivity contribution in [3.63, 3.8) is 0 Å². The van der Waals surface area contributed by atoms with Crippen LogP contribution < -0.4 is 5.32 Å². The van der Waals surface area contributed by atoms with Crippen molar-refractivity contribution in [1.82, 2.24) is 10.3 Å². The molecular weight excluding hydrogens is 316 g/mol. The van der Waals surface area contributed by atoms with Gasteiger partial charge in [0.15, 0.2) is 3.92 Å². The van der Waals surface area contributed by atoms with E-state index in [-0.39, 0.29) is 6.61 Å². The number of carbonyl (C=O) groups is 1. The number of benzene rings is 1. The molecule has 1 N–H and O–H groups in total. The summed E-state index contributed by atoms with van der Waals surface area (Å²) < 4.78 is 5.88. The van der Waals surface area contributed by atoms with Crippen LogP contribution in [0.5, 0.6) is 0 Å². The third kappa shape index (κ3) is 4.12. The molecule has 0 bridgehead atoms. The zero-order valence-electron chi connectivity index (χ0n) is 9.43. The summed E-state index contributed by atoms with van der Waals surface area (Å²) in [6.07, 6.45) is 1.29. The first-order valence-electron chi connectivity index (χ1n) is 5.29. The van der Waals surface area contributed by atoms with E-state index in [2.05, 4.69) is 26.2 Å². The van der Waals surface area contributed by atoms with Crippen molar-refractivity contribution in [2.24, 2.45) is 0 Å². The molecule has 1 heterocycles. The fraction of sp³-hybridized carbons (Fsp3) is 0.167. The predicted molar refractivity (Wildman–Crippen MR) is 73.3 cm³/mol. The van der Waals surface area contributed by atoms with E-state index in [1.807, 2.05) is 30.3 Å². The molecule has 1 aromatic carbocycles. The predicted octanol–water partition coefficient (Wildman–Crippen LogP) is 3.33. The monoisotopic (exact) mass is 326 g/mol. The van der Waals surface area contributed by atoms with Gasteiger partial charge in [-0.15, -0.1) is 11.3 Å². The highest BCUT2D eigenvalue weighted by Crippen LogP contribution is 2.17. The van der Waals surface area contributed by atoms with Gasteiger partial charge in [0.2, 0.25) is 0 Å². The standard InChI is InChI=1S/C12H11BrN2O2S/c13-11-14-6-10(18-11)7-15-12(16)17-8-9-4-2-1-3-5-9/h1-6H,7-8H2,(H,15,16). The van der Waals surface area contributed by atoms with Crippen LogP contribution in [0.15, 0.2) is 40.4 Å². The number of nitrogens with zero attached hydrogens (tertiary/aromatic N) is 1. The molecule has 0 fully saturated rings. The summed E-state index contributed by atoms with van der Waals surface area (Å²) in [6, 6.07) is 9.56. The van der Waals surface area contributed by atoms with Gasteiger partial charge in [-0.25, -0.2) is 9.78 Å². The third-order valence-corrected chi connectivity index (χ3v) is 3.62. The molecule has 6 heteroatoms. The van der Waals surface area contributed by atoms with Crippen LogP contribution in [0.3, 0.4) is 0 Å². The molecule has 0 spiro atoms. The Morgan fingerprint density at radius 3 is 2.83 bits per heavy atom. The number of nitrogens with one attached hydrogen (secondary N) is 1. The van der Waals surface area contributed by atoms with Gasteiger partial charge in [-0.1, -0.05) is 30.3 Å². The normalized spacial score (nSPS) is 10.1. The molecule has 4 nitrogen and oxygen atoms in total. The van der Waals surface area contributed by atoms with Crippen molar-refractivity contribution in [2.75, 3.05) is 0 Å². The van der Waals surface area contributed by atoms with Gasteiger partial charge in [0.05, 0.1) is 6.54 Å². The molecule has 0 aliphatic rings. The number of thiazole rings is 1. The maximum Gasteiger partial charge on any atom is 0.407 e. The Bertz CT molecular complexity index is 516. The van der Waals surface area contributed by atoms with Gasteiger partial charge < -0.3 is 10.1 Å². The minimum absolute atomic E-state index is 0.277. The van der Waals surface area contributed by atoms with Crippen LogP contribution in [0.4, 0.5) is 4.79 Å². The van der Waals surface area contributed by atoms with E-state index in [4.69, 9.17) is 4.74 Å². The number of rotatable bonds is 4. The lowest BCUT2D eigenvalue weighted by Gasteiger charge is -2.05. The van der Waals surface area contributed by atoms with Crippen molar-refractivity contribution in [3.05, 3.63) is 50.9 Å². The van der Waals surface area contributed by atoms with Crippen molar-refractivity contribution in [2.45, 2.75) is 13.2 Å². The third-order valence-electron chi connectivity index (χ3n) is 2.15. The number of alkyl carbamates (subject to hydrolysis) is 1. The highest BCUT2D eigenvalue weighted by atomic mass is 79.9. The molecule has 0 atom stereocenters. The van der Waals surface area contributed by atoms with E-state index < -0.39 is 6.09 Å². The Hall–Kier alpha value is -1.40. The molecular formula is C12H11BrN2O2S. The quantitative estimate of drug-likeness (QED) is 0.937. The Labute approximate surface area is 117 Å². The first-order chi connectivity index (χ1) is 8.74. The molecule has 0 saturated heterocycles. The zero-order valence-corrected chi connectivity index (χ0v) is 11.8. The summed E-state index contributed by atoms with van der Waals surface area (Å²) >= 11 is 4.74. The minimum Gasteiger partial charge on any atom is -0.445 e. The average Bonchev–Trinajstić information content (AvgIpc) is 2.81. The van der Waals surface area contributed by atoms with E-state index in [1.165, 1.54) is 11.3 Å². The van der Waals surface area contributed by atoms with Crippen LogP contribution in [0, 0.1) is 0 Å². The number of carbonyl (C=O) groups excluding carboxylic acids is 1. The minimum atomic E-state index is -0.427. The van der Waals surface area contributed by atoms with Crippen molar-refractivity contribution >= 4 is 33.4 Å². The number of ether oxygens (including phenoxy) is 1. The van der Waals surface area contributed by atoms with Crippen LogP contribution in [0.2, 0.25) is 0 Å². The first kappa shape index (κ1) is 13.0. The summed E-state index contributed by atoms with van der Waals surface area (Å²) in [4.78, 5) is 16.4. The molecule has 0 aliphatic carbocycles. The van der Waals surface area contributed by atoms with E-state index in [0.29, 0.717) is 6.54 Å². The van der Waals surface area contributed by atoms with Crippen LogP contribution >= 0.6 is 27.3 Å². The lowest BCUT2D eigenvalue weighted by Crippen LogP contribution is -2.23. The van der Waals surface area contributed by atoms with Gasteiger partial charge in [-0.2, -0.15) is 0 Å². The molecule has 0 aliphatic heterocycles. The highest BCUT2D eigenvalue weighted by molar-refractivity contribution is 9.11. The van der Waals surface area contributed by atoms with Crippen LogP contribution in [-0.2, 0) is 17.9 Å². The van der Waals surface area contributed by atoms with Gasteiger partial charge in [-0.3, -0.25) is 0 Å². The van der Waals surface area contributed by atoms with Gasteiger partial charge in [0.1, 0.15) is 6.61 Å². The number of amides is 1. The molecule has 2 rings (SSSR count). The van der Waals surface area contributed by atoms with Gasteiger partial charge in [-0.05, 0) is 21.5 Å². The maximum atomic E-state index is 11.4. The molecule has 0 unspecified atom stereocenters. The topological polar surface area (TPSA) is 51.2 Å². The van der Waals surface area contributed by atoms with E-state index in [1.54, 1.807) is 6.20 Å². The first-order valence-corrected chi connectivity index (χ1v) is 6.90. The Morgan fingerprint density at radius 2 is 2.17 bits per heavy atom. The van der Waals surface area contributed by atoms with E-state index in [0.717, 1.165) is 14.4 Å². The highest BCUT2D eigenvalue weighted by Gasteiger charge is 2.04. The maximum absolute atomic E-state index is 11.4. The summed E-state index contributed by atoms with van der Waals surface area (Å²) in [5, 5.41) is 2.67. The molecule has 1 amide bonds. The second-order valence-corrected chi connectivity index (χ2v) is 5.89. The lowest BCUT2D eigenvalue weighted by molar-refractivity contribution is 0.139. The Kier molecular flexibility index (Phi) is 4.72. The summed E-state index contributed by atoms with van der Waals surface area (Å²) in [7, 11) is 0. The van der Waals surface area contributed by atoms with E-state index in [9.17, 15) is 4.79 Å². The van der Waals surface area contributed by atoms with Crippen molar-refractivity contribution < 1.29 is 9.53 Å². The molecule has 94 valence electrons. The fourth-order valence-electron chi connectivity index (χ4n) is 1.30. The Balaban J connectivity index is 1.73. The SMILES string of the molecule is O=C(NCc1cnc(Br)s1)OCc1ccccc1. The number of halogens is 1. The molecule has 1 aromatic heterocycles. The number of aromatic nitrogens is 1. The number of hydrogen-bond acceptors (Lipinski definition) is 4. The van der Waals surface area contributed by atoms with Crippen molar-refractivity contribution in [3.8, 4) is 0 Å². The molecule has 0 radical (unpaired) electrons. The largest absolute Gasteiger partial charge is 0.445 e. The second kappa shape index (κ2) is 6.51. The van der Waals surface area contributed by atoms with Crippen LogP contribution in [-0.4, -0.2) is 11.1 Å². The molecule has 0 saturated carbocycles. The summed E-state index contributed by atoms with van der Waals surface area (Å²) in [6.45, 7) is 0.704. The van der Waals surface area contributed by atoms with Gasteiger partial charge >= 0.3 is 6.09 Å². The van der Waals surface area contributed by atoms with Gasteiger partial charge in [0.25, 0.3) is 0 Å². The average molecular weight is 327 g/mol. The van der Waals surface area contributed by atoms with Crippen LogP contribution in [0.1, 0.15) is 10.4 Å². The smallest absolute Gasteiger partial charge is 0.407 e. The van der Waals surface area contributed by atoms with Crippen molar-refractivity contribution in [1.29, 1.82) is 0 Å². The van der Waals surface area contributed by atoms with E-state index >= 15 is 0 Å². The van der Waals surface area contributed by atoms with Gasteiger partial charge in [0, 0.05) is 11.1 Å². The second-order valence-electron chi connectivity index (χ2n) is 3.49.